The number of hydrogen-bond donors (Lipinski definition) is 1. The van der Waals surface area contributed by atoms with E-state index in [4.69, 9.17) is 4.74 Å². The summed E-state index contributed by atoms with van der Waals surface area (Å²) in [7, 11) is 3.54. The van der Waals surface area contributed by atoms with Gasteiger partial charge < -0.3 is 15.0 Å². The molecule has 0 aromatic heterocycles. The first-order chi connectivity index (χ1) is 9.99. The van der Waals surface area contributed by atoms with Gasteiger partial charge >= 0.3 is 0 Å². The van der Waals surface area contributed by atoms with Gasteiger partial charge in [0, 0.05) is 17.6 Å². The Morgan fingerprint density at radius 3 is 2.71 bits per heavy atom. The second-order valence-electron chi connectivity index (χ2n) is 5.30. The fourth-order valence-electron chi connectivity index (χ4n) is 2.40. The van der Waals surface area contributed by atoms with Gasteiger partial charge in [0.25, 0.3) is 5.91 Å². The molecular formula is C15H18BrN3O2. The number of methoxy groups -OCH3 is 1. The molecule has 0 aliphatic carbocycles. The number of nitrogens with one attached hydrogen (secondary N) is 1. The Bertz CT molecular complexity index is 575. The predicted molar refractivity (Wildman–Crippen MR) is 83.2 cm³/mol. The molecule has 21 heavy (non-hydrogen) atoms. The van der Waals surface area contributed by atoms with Crippen LogP contribution in [0, 0.1) is 11.3 Å². The van der Waals surface area contributed by atoms with Crippen molar-refractivity contribution in [2.45, 2.75) is 18.4 Å². The van der Waals surface area contributed by atoms with Gasteiger partial charge in [-0.25, -0.2) is 0 Å². The van der Waals surface area contributed by atoms with Crippen LogP contribution in [0.3, 0.4) is 0 Å². The Balaban J connectivity index is 2.19. The van der Waals surface area contributed by atoms with Gasteiger partial charge in [0.1, 0.15) is 11.3 Å². The molecule has 1 aliphatic rings. The Hall–Kier alpha value is -1.58. The van der Waals surface area contributed by atoms with E-state index in [9.17, 15) is 10.1 Å². The van der Waals surface area contributed by atoms with E-state index in [0.29, 0.717) is 24.2 Å². The van der Waals surface area contributed by atoms with Crippen molar-refractivity contribution in [1.29, 1.82) is 5.26 Å². The molecule has 1 aromatic rings. The summed E-state index contributed by atoms with van der Waals surface area (Å²) in [5, 5.41) is 12.4. The van der Waals surface area contributed by atoms with Crippen LogP contribution in [0.1, 0.15) is 23.2 Å². The van der Waals surface area contributed by atoms with E-state index in [1.165, 1.54) is 7.11 Å². The van der Waals surface area contributed by atoms with Gasteiger partial charge in [0.2, 0.25) is 0 Å². The number of carbonyl (C=O) groups is 1. The fraction of sp³-hybridized carbons (Fsp3) is 0.467. The van der Waals surface area contributed by atoms with Crippen molar-refractivity contribution < 1.29 is 9.53 Å². The molecule has 1 aromatic carbocycles. The number of halogens is 1. The Morgan fingerprint density at radius 1 is 1.48 bits per heavy atom. The average molecular weight is 352 g/mol. The summed E-state index contributed by atoms with van der Waals surface area (Å²) in [4.78, 5) is 14.6. The van der Waals surface area contributed by atoms with E-state index in [1.54, 1.807) is 18.2 Å². The number of benzene rings is 1. The van der Waals surface area contributed by atoms with Gasteiger partial charge in [-0.15, -0.1) is 0 Å². The van der Waals surface area contributed by atoms with E-state index in [-0.39, 0.29) is 5.91 Å². The smallest absolute Gasteiger partial charge is 0.256 e. The third-order valence-electron chi connectivity index (χ3n) is 3.82. The van der Waals surface area contributed by atoms with Gasteiger partial charge in [-0.3, -0.25) is 4.79 Å². The highest BCUT2D eigenvalue weighted by Gasteiger charge is 2.36. The summed E-state index contributed by atoms with van der Waals surface area (Å²) < 4.78 is 6.08. The molecule has 6 heteroatoms. The van der Waals surface area contributed by atoms with Crippen molar-refractivity contribution >= 4 is 21.8 Å². The van der Waals surface area contributed by atoms with Gasteiger partial charge in [0.05, 0.1) is 18.7 Å². The number of amides is 1. The topological polar surface area (TPSA) is 65.4 Å². The van der Waals surface area contributed by atoms with Crippen molar-refractivity contribution in [3.63, 3.8) is 0 Å². The van der Waals surface area contributed by atoms with Crippen molar-refractivity contribution in [2.75, 3.05) is 27.2 Å². The number of nitrogens with zero attached hydrogens (tertiary/aromatic N) is 2. The Morgan fingerprint density at radius 2 is 2.14 bits per heavy atom. The van der Waals surface area contributed by atoms with E-state index in [2.05, 4.69) is 32.2 Å². The summed E-state index contributed by atoms with van der Waals surface area (Å²) in [5.74, 6) is 0.216. The first-order valence-corrected chi connectivity index (χ1v) is 7.55. The van der Waals surface area contributed by atoms with E-state index in [0.717, 1.165) is 17.6 Å². The van der Waals surface area contributed by atoms with Crippen molar-refractivity contribution in [3.8, 4) is 11.8 Å². The van der Waals surface area contributed by atoms with Crippen LogP contribution in [0.25, 0.3) is 0 Å². The molecule has 0 unspecified atom stereocenters. The minimum atomic E-state index is -0.790. The molecule has 2 rings (SSSR count). The van der Waals surface area contributed by atoms with Crippen LogP contribution >= 0.6 is 15.9 Å². The molecule has 1 amide bonds. The molecule has 112 valence electrons. The maximum absolute atomic E-state index is 12.5. The zero-order valence-corrected chi connectivity index (χ0v) is 13.7. The van der Waals surface area contributed by atoms with Gasteiger partial charge in [-0.1, -0.05) is 15.9 Å². The zero-order valence-electron chi connectivity index (χ0n) is 12.1. The monoisotopic (exact) mass is 351 g/mol. The molecule has 5 nitrogen and oxygen atoms in total. The lowest BCUT2D eigenvalue weighted by Crippen LogP contribution is -2.53. The highest BCUT2D eigenvalue weighted by Crippen LogP contribution is 2.26. The normalized spacial score (nSPS) is 17.8. The first kappa shape index (κ1) is 15.8. The maximum atomic E-state index is 12.5. The fourth-order valence-corrected chi connectivity index (χ4v) is 2.74. The number of carbonyl (C=O) groups excluding carboxylic acids is 1. The van der Waals surface area contributed by atoms with Crippen LogP contribution in [0.5, 0.6) is 5.75 Å². The highest BCUT2D eigenvalue weighted by molar-refractivity contribution is 9.10. The minimum absolute atomic E-state index is 0.273. The lowest BCUT2D eigenvalue weighted by Gasteiger charge is -2.36. The van der Waals surface area contributed by atoms with Crippen molar-refractivity contribution in [2.24, 2.45) is 0 Å². The van der Waals surface area contributed by atoms with Crippen LogP contribution in [-0.2, 0) is 0 Å². The summed E-state index contributed by atoms with van der Waals surface area (Å²) >= 11 is 3.35. The molecule has 0 saturated carbocycles. The zero-order chi connectivity index (χ0) is 15.5. The van der Waals surface area contributed by atoms with Crippen LogP contribution < -0.4 is 10.1 Å². The molecule has 1 saturated heterocycles. The lowest BCUT2D eigenvalue weighted by molar-refractivity contribution is 0.0879. The number of rotatable bonds is 3. The van der Waals surface area contributed by atoms with Gasteiger partial charge in [-0.05, 0) is 38.1 Å². The van der Waals surface area contributed by atoms with Crippen LogP contribution in [0.15, 0.2) is 22.7 Å². The van der Waals surface area contributed by atoms with E-state index < -0.39 is 5.54 Å². The van der Waals surface area contributed by atoms with Gasteiger partial charge in [-0.2, -0.15) is 5.26 Å². The summed E-state index contributed by atoms with van der Waals surface area (Å²) in [6.07, 6.45) is 1.26. The second-order valence-corrected chi connectivity index (χ2v) is 6.21. The van der Waals surface area contributed by atoms with E-state index >= 15 is 0 Å². The second kappa shape index (κ2) is 6.46. The van der Waals surface area contributed by atoms with Crippen LogP contribution in [0.2, 0.25) is 0 Å². The summed E-state index contributed by atoms with van der Waals surface area (Å²) in [6, 6.07) is 7.49. The quantitative estimate of drug-likeness (QED) is 0.906. The highest BCUT2D eigenvalue weighted by atomic mass is 79.9. The summed E-state index contributed by atoms with van der Waals surface area (Å²) in [5.41, 5.74) is -0.351. The maximum Gasteiger partial charge on any atom is 0.256 e. The molecule has 0 spiro atoms. The third-order valence-corrected chi connectivity index (χ3v) is 4.31. The number of likely N-dealkylation sites (tertiary alicyclic amines) is 1. The molecule has 0 radical (unpaired) electrons. The molecule has 1 aliphatic heterocycles. The predicted octanol–water partition coefficient (Wildman–Crippen LogP) is 2.18. The van der Waals surface area contributed by atoms with Crippen molar-refractivity contribution in [3.05, 3.63) is 28.2 Å². The molecule has 1 heterocycles. The van der Waals surface area contributed by atoms with Crippen molar-refractivity contribution in [1.82, 2.24) is 10.2 Å². The average Bonchev–Trinajstić information content (AvgIpc) is 2.49. The van der Waals surface area contributed by atoms with Crippen LogP contribution in [0.4, 0.5) is 0 Å². The minimum Gasteiger partial charge on any atom is -0.496 e. The molecule has 0 atom stereocenters. The van der Waals surface area contributed by atoms with Gasteiger partial charge in [0.15, 0.2) is 0 Å². The van der Waals surface area contributed by atoms with Crippen LogP contribution in [-0.4, -0.2) is 43.6 Å². The first-order valence-electron chi connectivity index (χ1n) is 6.75. The third kappa shape index (κ3) is 3.55. The summed E-state index contributed by atoms with van der Waals surface area (Å²) in [6.45, 7) is 1.59. The SMILES string of the molecule is COc1cc(Br)ccc1C(=O)NC1(C#N)CCN(C)CC1. The largest absolute Gasteiger partial charge is 0.496 e. The molecular weight excluding hydrogens is 334 g/mol. The Kier molecular flexibility index (Phi) is 4.86. The van der Waals surface area contributed by atoms with E-state index in [1.807, 2.05) is 7.05 Å². The number of ether oxygens (including phenoxy) is 1. The molecule has 0 bridgehead atoms. The molecule has 1 fully saturated rings. The standard InChI is InChI=1S/C15H18BrN3O2/c1-19-7-5-15(10-17,6-8-19)18-14(20)12-4-3-11(16)9-13(12)21-2/h3-4,9H,5-8H2,1-2H3,(H,18,20). The number of piperidine rings is 1. The number of nitriles is 1. The number of hydrogen-bond acceptors (Lipinski definition) is 4. The lowest BCUT2D eigenvalue weighted by atomic mass is 9.89. The molecule has 1 N–H and O–H groups in total. The Labute approximate surface area is 133 Å².